The van der Waals surface area contributed by atoms with E-state index in [2.05, 4.69) is 5.32 Å². The monoisotopic (exact) mass is 379 g/mol. The van der Waals surface area contributed by atoms with Crippen LogP contribution in [0, 0.1) is 0 Å². The molecule has 0 spiro atoms. The normalized spacial score (nSPS) is 30.2. The number of nitrogens with one attached hydrogen (secondary N) is 1. The number of aliphatic hydroxyl groups excluding tert-OH is 3. The second-order valence-corrected chi connectivity index (χ2v) is 6.32. The highest BCUT2D eigenvalue weighted by molar-refractivity contribution is 6.35. The molecule has 0 aliphatic carbocycles. The van der Waals surface area contributed by atoms with E-state index in [-0.39, 0.29) is 6.61 Å². The number of carbonyl (C=O) groups is 1. The van der Waals surface area contributed by atoms with Gasteiger partial charge in [0.2, 0.25) is 5.91 Å². The number of amides is 1. The van der Waals surface area contributed by atoms with Crippen molar-refractivity contribution in [3.05, 3.63) is 33.8 Å². The van der Waals surface area contributed by atoms with Crippen LogP contribution in [0.15, 0.2) is 18.2 Å². The maximum absolute atomic E-state index is 11.3. The number of carbonyl (C=O) groups excluding carboxylic acids is 1. The first-order valence-electron chi connectivity index (χ1n) is 7.28. The molecule has 0 aromatic heterocycles. The largest absolute Gasteiger partial charge is 0.394 e. The van der Waals surface area contributed by atoms with Crippen molar-refractivity contribution < 1.29 is 29.6 Å². The summed E-state index contributed by atoms with van der Waals surface area (Å²) in [6, 6.07) is 3.89. The molecule has 1 aromatic carbocycles. The van der Waals surface area contributed by atoms with Crippen molar-refractivity contribution in [1.29, 1.82) is 0 Å². The summed E-state index contributed by atoms with van der Waals surface area (Å²) in [5, 5.41) is 32.7. The third kappa shape index (κ3) is 4.58. The van der Waals surface area contributed by atoms with Crippen LogP contribution in [-0.4, -0.2) is 58.5 Å². The molecule has 4 N–H and O–H groups in total. The van der Waals surface area contributed by atoms with Gasteiger partial charge < -0.3 is 30.1 Å². The summed E-state index contributed by atoms with van der Waals surface area (Å²) < 4.78 is 11.1. The Morgan fingerprint density at radius 2 is 2.04 bits per heavy atom. The molecule has 7 nitrogen and oxygen atoms in total. The molecule has 24 heavy (non-hydrogen) atoms. The highest BCUT2D eigenvalue weighted by atomic mass is 35.5. The van der Waals surface area contributed by atoms with Gasteiger partial charge in [0.1, 0.15) is 24.4 Å². The van der Waals surface area contributed by atoms with Crippen LogP contribution in [-0.2, 0) is 20.9 Å². The zero-order valence-corrected chi connectivity index (χ0v) is 14.4. The minimum Gasteiger partial charge on any atom is -0.394 e. The maximum atomic E-state index is 11.3. The van der Waals surface area contributed by atoms with Gasteiger partial charge in [0.05, 0.1) is 13.2 Å². The lowest BCUT2D eigenvalue weighted by molar-refractivity contribution is -0.273. The van der Waals surface area contributed by atoms with E-state index >= 15 is 0 Å². The number of aliphatic hydroxyl groups is 3. The van der Waals surface area contributed by atoms with Crippen molar-refractivity contribution in [1.82, 2.24) is 5.32 Å². The summed E-state index contributed by atoms with van der Waals surface area (Å²) in [4.78, 5) is 11.3. The van der Waals surface area contributed by atoms with Gasteiger partial charge in [0, 0.05) is 17.0 Å². The molecule has 1 fully saturated rings. The van der Waals surface area contributed by atoms with Crippen LogP contribution >= 0.6 is 23.2 Å². The maximum Gasteiger partial charge on any atom is 0.217 e. The van der Waals surface area contributed by atoms with E-state index < -0.39 is 43.2 Å². The molecule has 1 amide bonds. The van der Waals surface area contributed by atoms with E-state index in [0.29, 0.717) is 15.6 Å². The van der Waals surface area contributed by atoms with Crippen LogP contribution in [0.1, 0.15) is 12.5 Å². The van der Waals surface area contributed by atoms with Crippen LogP contribution in [0.4, 0.5) is 0 Å². The van der Waals surface area contributed by atoms with Gasteiger partial charge in [0.25, 0.3) is 0 Å². The Morgan fingerprint density at radius 1 is 1.33 bits per heavy atom. The second-order valence-electron chi connectivity index (χ2n) is 5.48. The predicted molar refractivity (Wildman–Crippen MR) is 86.6 cm³/mol. The molecule has 0 radical (unpaired) electrons. The first kappa shape index (κ1) is 19.4. The minimum atomic E-state index is -1.36. The lowest BCUT2D eigenvalue weighted by atomic mass is 9.97. The molecule has 1 saturated heterocycles. The fraction of sp³-hybridized carbons (Fsp3) is 0.533. The number of halogens is 2. The molecule has 134 valence electrons. The SMILES string of the molecule is CC(=O)N[C@@H]1[C@@H](OCc2ccc(Cl)cc2Cl)O[C@@H](CO)[C@@H](O)[C@@H]1O. The molecular formula is C15H19Cl2NO6. The topological polar surface area (TPSA) is 108 Å². The van der Waals surface area contributed by atoms with E-state index in [9.17, 15) is 20.1 Å². The van der Waals surface area contributed by atoms with Gasteiger partial charge in [0.15, 0.2) is 6.29 Å². The number of hydrogen-bond donors (Lipinski definition) is 4. The van der Waals surface area contributed by atoms with Crippen LogP contribution in [0.25, 0.3) is 0 Å². The fourth-order valence-electron chi connectivity index (χ4n) is 2.42. The van der Waals surface area contributed by atoms with Crippen LogP contribution in [0.3, 0.4) is 0 Å². The van der Waals surface area contributed by atoms with E-state index in [1.54, 1.807) is 18.2 Å². The first-order chi connectivity index (χ1) is 11.3. The molecule has 1 aliphatic heterocycles. The Labute approximate surface area is 149 Å². The molecule has 2 rings (SSSR count). The molecule has 1 heterocycles. The Hall–Kier alpha value is -0.930. The van der Waals surface area contributed by atoms with E-state index in [4.69, 9.17) is 32.7 Å². The third-order valence-corrected chi connectivity index (χ3v) is 4.26. The lowest BCUT2D eigenvalue weighted by Gasteiger charge is -2.42. The number of rotatable bonds is 5. The Balaban J connectivity index is 2.12. The Kier molecular flexibility index (Phi) is 6.82. The highest BCUT2D eigenvalue weighted by Crippen LogP contribution is 2.26. The van der Waals surface area contributed by atoms with Gasteiger partial charge in [-0.05, 0) is 17.7 Å². The van der Waals surface area contributed by atoms with Crippen molar-refractivity contribution in [2.75, 3.05) is 6.61 Å². The summed E-state index contributed by atoms with van der Waals surface area (Å²) in [7, 11) is 0. The highest BCUT2D eigenvalue weighted by Gasteiger charge is 2.45. The summed E-state index contributed by atoms with van der Waals surface area (Å²) >= 11 is 11.9. The average molecular weight is 380 g/mol. The summed E-state index contributed by atoms with van der Waals surface area (Å²) in [6.45, 7) is 0.786. The number of benzene rings is 1. The third-order valence-electron chi connectivity index (χ3n) is 3.67. The molecule has 0 saturated carbocycles. The second kappa shape index (κ2) is 8.44. The lowest BCUT2D eigenvalue weighted by Crippen LogP contribution is -2.64. The molecule has 1 aliphatic rings. The Morgan fingerprint density at radius 3 is 2.62 bits per heavy atom. The fourth-order valence-corrected chi connectivity index (χ4v) is 2.89. The summed E-state index contributed by atoms with van der Waals surface area (Å²) in [5.74, 6) is -0.421. The van der Waals surface area contributed by atoms with E-state index in [1.165, 1.54) is 6.92 Å². The standard InChI is InChI=1S/C15H19Cl2NO6/c1-7(20)18-12-14(22)13(21)11(5-19)24-15(12)23-6-8-2-3-9(16)4-10(8)17/h2-4,11-15,19,21-22H,5-6H2,1H3,(H,18,20)/t11-,12-,13+,14+,15-/m0/s1. The summed E-state index contributed by atoms with van der Waals surface area (Å²) in [6.07, 6.45) is -4.82. The van der Waals surface area contributed by atoms with Gasteiger partial charge >= 0.3 is 0 Å². The summed E-state index contributed by atoms with van der Waals surface area (Å²) in [5.41, 5.74) is 0.632. The van der Waals surface area contributed by atoms with Crippen LogP contribution in [0.2, 0.25) is 10.0 Å². The number of ether oxygens (including phenoxy) is 2. The molecular weight excluding hydrogens is 361 g/mol. The van der Waals surface area contributed by atoms with Crippen molar-refractivity contribution in [2.45, 2.75) is 44.2 Å². The van der Waals surface area contributed by atoms with Crippen LogP contribution in [0.5, 0.6) is 0 Å². The zero-order chi connectivity index (χ0) is 17.9. The molecule has 1 aromatic rings. The van der Waals surface area contributed by atoms with Gasteiger partial charge in [-0.1, -0.05) is 29.3 Å². The molecule has 9 heteroatoms. The molecule has 5 atom stereocenters. The Bertz CT molecular complexity index is 587. The van der Waals surface area contributed by atoms with E-state index in [1.807, 2.05) is 0 Å². The van der Waals surface area contributed by atoms with Crippen LogP contribution < -0.4 is 5.32 Å². The van der Waals surface area contributed by atoms with Gasteiger partial charge in [-0.2, -0.15) is 0 Å². The van der Waals surface area contributed by atoms with Gasteiger partial charge in [-0.15, -0.1) is 0 Å². The smallest absolute Gasteiger partial charge is 0.217 e. The first-order valence-corrected chi connectivity index (χ1v) is 8.04. The molecule has 0 unspecified atom stereocenters. The average Bonchev–Trinajstić information content (AvgIpc) is 2.52. The van der Waals surface area contributed by atoms with Crippen molar-refractivity contribution >= 4 is 29.1 Å². The number of hydrogen-bond acceptors (Lipinski definition) is 6. The quantitative estimate of drug-likeness (QED) is 0.591. The predicted octanol–water partition coefficient (Wildman–Crippen LogP) is 0.454. The zero-order valence-electron chi connectivity index (χ0n) is 12.9. The van der Waals surface area contributed by atoms with Gasteiger partial charge in [-0.25, -0.2) is 0 Å². The van der Waals surface area contributed by atoms with Crippen molar-refractivity contribution in [2.24, 2.45) is 0 Å². The minimum absolute atomic E-state index is 0.0255. The van der Waals surface area contributed by atoms with Gasteiger partial charge in [-0.3, -0.25) is 4.79 Å². The molecule has 0 bridgehead atoms. The van der Waals surface area contributed by atoms with E-state index in [0.717, 1.165) is 0 Å². The van der Waals surface area contributed by atoms with Crippen molar-refractivity contribution in [3.8, 4) is 0 Å². The van der Waals surface area contributed by atoms with Crippen molar-refractivity contribution in [3.63, 3.8) is 0 Å².